The van der Waals surface area contributed by atoms with E-state index in [0.29, 0.717) is 42.2 Å². The predicted octanol–water partition coefficient (Wildman–Crippen LogP) is 4.09. The molecule has 7 nitrogen and oxygen atoms in total. The Labute approximate surface area is 217 Å². The van der Waals surface area contributed by atoms with E-state index >= 15 is 0 Å². The van der Waals surface area contributed by atoms with E-state index in [0.717, 1.165) is 14.8 Å². The molecule has 2 atom stereocenters. The fourth-order valence-electron chi connectivity index (χ4n) is 4.17. The van der Waals surface area contributed by atoms with Crippen LogP contribution in [0, 0.1) is 9.49 Å². The van der Waals surface area contributed by atoms with Crippen LogP contribution in [-0.4, -0.2) is 37.7 Å². The van der Waals surface area contributed by atoms with Crippen molar-refractivity contribution < 1.29 is 15.0 Å². The molecule has 0 bridgehead atoms. The Bertz CT molecular complexity index is 1200. The van der Waals surface area contributed by atoms with E-state index in [1.54, 1.807) is 27.8 Å². The molecule has 0 radical (unpaired) electrons. The number of hydrogen-bond acceptors (Lipinski definition) is 5. The van der Waals surface area contributed by atoms with Gasteiger partial charge in [-0.2, -0.15) is 0 Å². The highest BCUT2D eigenvalue weighted by Gasteiger charge is 2.52. The van der Waals surface area contributed by atoms with E-state index in [9.17, 15) is 9.90 Å². The largest absolute Gasteiger partial charge is 0.396 e. The number of aliphatic hydroxyl groups is 2. The van der Waals surface area contributed by atoms with Gasteiger partial charge in [-0.15, -0.1) is 5.10 Å². The number of amides is 1. The van der Waals surface area contributed by atoms with Crippen molar-refractivity contribution in [2.24, 2.45) is 5.92 Å². The summed E-state index contributed by atoms with van der Waals surface area (Å²) in [5.41, 5.74) is 1.22. The molecule has 4 rings (SSSR count). The molecule has 178 valence electrons. The number of nitrogens with zero attached hydrogens (tertiary/aromatic N) is 4. The number of anilines is 1. The van der Waals surface area contributed by atoms with Crippen molar-refractivity contribution in [3.8, 4) is 0 Å². The van der Waals surface area contributed by atoms with Gasteiger partial charge in [-0.3, -0.25) is 9.48 Å². The van der Waals surface area contributed by atoms with Gasteiger partial charge in [-0.1, -0.05) is 48.0 Å². The van der Waals surface area contributed by atoms with Crippen LogP contribution in [-0.2, 0) is 29.9 Å². The molecule has 1 aliphatic heterocycles. The van der Waals surface area contributed by atoms with E-state index in [1.165, 1.54) is 0 Å². The maximum Gasteiger partial charge on any atom is 0.264 e. The second-order valence-electron chi connectivity index (χ2n) is 8.40. The van der Waals surface area contributed by atoms with E-state index < -0.39 is 11.5 Å². The number of allylic oxidation sites excluding steroid dienone is 1. The summed E-state index contributed by atoms with van der Waals surface area (Å²) >= 11 is 8.50. The van der Waals surface area contributed by atoms with Crippen molar-refractivity contribution in [3.63, 3.8) is 0 Å². The smallest absolute Gasteiger partial charge is 0.264 e. The Balaban J connectivity index is 1.52. The maximum absolute atomic E-state index is 13.6. The van der Waals surface area contributed by atoms with Crippen LogP contribution in [0.5, 0.6) is 0 Å². The Hall–Kier alpha value is -2.27. The second-order valence-corrected chi connectivity index (χ2v) is 10.1. The lowest BCUT2D eigenvalue weighted by Gasteiger charge is -2.27. The van der Waals surface area contributed by atoms with Crippen LogP contribution in [0.1, 0.15) is 30.2 Å². The minimum atomic E-state index is -1.71. The third-order valence-corrected chi connectivity index (χ3v) is 7.00. The molecular weight excluding hydrogens is 567 g/mol. The minimum Gasteiger partial charge on any atom is -0.396 e. The molecule has 1 aromatic heterocycles. The zero-order valence-corrected chi connectivity index (χ0v) is 21.6. The number of hydrogen-bond donors (Lipinski definition) is 2. The number of aryl methyl sites for hydroxylation is 1. The molecule has 1 aliphatic rings. The number of fused-ring (bicyclic) bond motifs is 1. The molecule has 0 unspecified atom stereocenters. The number of carbonyl (C=O) groups excluding carboxylic acids is 1. The summed E-state index contributed by atoms with van der Waals surface area (Å²) in [7, 11) is 0. The summed E-state index contributed by atoms with van der Waals surface area (Å²) in [6.07, 6.45) is 6.74. The summed E-state index contributed by atoms with van der Waals surface area (Å²) in [5, 5.41) is 29.3. The number of benzene rings is 2. The van der Waals surface area contributed by atoms with E-state index in [-0.39, 0.29) is 12.5 Å². The first kappa shape index (κ1) is 24.8. The van der Waals surface area contributed by atoms with Crippen molar-refractivity contribution >= 4 is 45.8 Å². The predicted molar refractivity (Wildman–Crippen MR) is 139 cm³/mol. The molecule has 2 aromatic carbocycles. The maximum atomic E-state index is 13.6. The Kier molecular flexibility index (Phi) is 7.71. The van der Waals surface area contributed by atoms with E-state index in [2.05, 4.69) is 32.9 Å². The highest BCUT2D eigenvalue weighted by molar-refractivity contribution is 14.1. The summed E-state index contributed by atoms with van der Waals surface area (Å²) < 4.78 is 2.83. The van der Waals surface area contributed by atoms with Crippen LogP contribution in [0.4, 0.5) is 5.69 Å². The highest BCUT2D eigenvalue weighted by atomic mass is 127. The SMILES string of the molecule is C[C@@H](/C=C/CCn1cc(CCO)nn1)[C@]1(O)C(=O)N(Cc2ccc(I)cc2)c2ccc(Cl)cc21. The average molecular weight is 593 g/mol. The summed E-state index contributed by atoms with van der Waals surface area (Å²) in [4.78, 5) is 15.2. The van der Waals surface area contributed by atoms with Gasteiger partial charge >= 0.3 is 0 Å². The average Bonchev–Trinajstić information content (AvgIpc) is 3.35. The van der Waals surface area contributed by atoms with Gasteiger partial charge in [0.1, 0.15) is 0 Å². The lowest BCUT2D eigenvalue weighted by molar-refractivity contribution is -0.139. The molecule has 0 saturated heterocycles. The number of aliphatic hydroxyl groups excluding tert-OH is 1. The van der Waals surface area contributed by atoms with Crippen LogP contribution in [0.3, 0.4) is 0 Å². The molecule has 0 fully saturated rings. The van der Waals surface area contributed by atoms with Gasteiger partial charge in [-0.25, -0.2) is 0 Å². The van der Waals surface area contributed by atoms with Gasteiger partial charge in [0.25, 0.3) is 5.91 Å². The van der Waals surface area contributed by atoms with Crippen LogP contribution < -0.4 is 4.90 Å². The quantitative estimate of drug-likeness (QED) is 0.289. The molecule has 9 heteroatoms. The number of aromatic nitrogens is 3. The summed E-state index contributed by atoms with van der Waals surface area (Å²) in [5.74, 6) is -0.829. The van der Waals surface area contributed by atoms with Crippen molar-refractivity contribution in [3.05, 3.63) is 86.2 Å². The van der Waals surface area contributed by atoms with E-state index in [4.69, 9.17) is 16.7 Å². The van der Waals surface area contributed by atoms with Crippen molar-refractivity contribution in [2.75, 3.05) is 11.5 Å². The van der Waals surface area contributed by atoms with Gasteiger partial charge in [0.05, 0.1) is 17.9 Å². The van der Waals surface area contributed by atoms with Crippen LogP contribution in [0.25, 0.3) is 0 Å². The zero-order chi connectivity index (χ0) is 24.3. The molecule has 0 spiro atoms. The first-order chi connectivity index (χ1) is 16.3. The molecule has 34 heavy (non-hydrogen) atoms. The first-order valence-corrected chi connectivity index (χ1v) is 12.5. The molecular formula is C25H26ClIN4O3. The van der Waals surface area contributed by atoms with Crippen molar-refractivity contribution in [1.29, 1.82) is 0 Å². The van der Waals surface area contributed by atoms with Gasteiger partial charge in [0.2, 0.25) is 0 Å². The van der Waals surface area contributed by atoms with Gasteiger partial charge in [0.15, 0.2) is 5.60 Å². The Morgan fingerprint density at radius 2 is 2.00 bits per heavy atom. The first-order valence-electron chi connectivity index (χ1n) is 11.1. The normalized spacial score (nSPS) is 18.6. The number of carbonyl (C=O) groups is 1. The minimum absolute atomic E-state index is 0.0365. The highest BCUT2D eigenvalue weighted by Crippen LogP contribution is 2.46. The van der Waals surface area contributed by atoms with Crippen LogP contribution >= 0.6 is 34.2 Å². The third kappa shape index (κ3) is 5.05. The molecule has 0 aliphatic carbocycles. The molecule has 3 aromatic rings. The van der Waals surface area contributed by atoms with Gasteiger partial charge in [-0.05, 0) is 64.9 Å². The molecule has 0 saturated carbocycles. The number of rotatable bonds is 9. The standard InChI is InChI=1S/C25H26ClIN4O3/c1-17(4-2-3-12-30-16-21(11-13-32)28-29-30)25(34)22-14-19(26)7-10-23(22)31(24(25)33)15-18-5-8-20(27)9-6-18/h2,4-10,14,16-17,32,34H,3,11-13,15H2,1H3/b4-2+/t17-,25+/m0/s1. The fraction of sp³-hybridized carbons (Fsp3) is 0.320. The lowest BCUT2D eigenvalue weighted by atomic mass is 9.83. The van der Waals surface area contributed by atoms with E-state index in [1.807, 2.05) is 49.5 Å². The fourth-order valence-corrected chi connectivity index (χ4v) is 4.70. The molecule has 2 heterocycles. The Morgan fingerprint density at radius 3 is 2.74 bits per heavy atom. The second kappa shape index (κ2) is 10.6. The lowest BCUT2D eigenvalue weighted by Crippen LogP contribution is -2.44. The summed E-state index contributed by atoms with van der Waals surface area (Å²) in [6, 6.07) is 13.2. The number of halogens is 2. The molecule has 2 N–H and O–H groups in total. The summed E-state index contributed by atoms with van der Waals surface area (Å²) in [6.45, 7) is 2.85. The molecule has 1 amide bonds. The topological polar surface area (TPSA) is 91.5 Å². The Morgan fingerprint density at radius 1 is 1.24 bits per heavy atom. The van der Waals surface area contributed by atoms with Crippen LogP contribution in [0.15, 0.2) is 60.8 Å². The zero-order valence-electron chi connectivity index (χ0n) is 18.7. The van der Waals surface area contributed by atoms with Crippen molar-refractivity contribution in [1.82, 2.24) is 15.0 Å². The third-order valence-electron chi connectivity index (χ3n) is 6.05. The monoisotopic (exact) mass is 592 g/mol. The van der Waals surface area contributed by atoms with Crippen molar-refractivity contribution in [2.45, 2.75) is 38.5 Å². The van der Waals surface area contributed by atoms with Gasteiger partial charge in [0, 0.05) is 45.8 Å². The van der Waals surface area contributed by atoms with Crippen LogP contribution in [0.2, 0.25) is 5.02 Å². The van der Waals surface area contributed by atoms with Gasteiger partial charge < -0.3 is 15.1 Å².